The number of H-pyrrole nitrogens is 1. The normalized spacial score (nSPS) is 12.9. The van der Waals surface area contributed by atoms with Crippen molar-refractivity contribution in [3.8, 4) is 0 Å². The summed E-state index contributed by atoms with van der Waals surface area (Å²) >= 11 is 6.31. The van der Waals surface area contributed by atoms with E-state index in [2.05, 4.69) is 49.8 Å². The van der Waals surface area contributed by atoms with Crippen molar-refractivity contribution in [3.63, 3.8) is 0 Å². The van der Waals surface area contributed by atoms with E-state index in [0.29, 0.717) is 10.9 Å². The van der Waals surface area contributed by atoms with Gasteiger partial charge in [0.2, 0.25) is 0 Å². The van der Waals surface area contributed by atoms with Gasteiger partial charge < -0.3 is 0 Å². The number of halogens is 1. The minimum atomic E-state index is -0.0303. The van der Waals surface area contributed by atoms with Gasteiger partial charge in [0.15, 0.2) is 11.5 Å². The summed E-state index contributed by atoms with van der Waals surface area (Å²) in [5, 5.41) is 8.24. The number of rotatable bonds is 1. The van der Waals surface area contributed by atoms with E-state index in [-0.39, 0.29) is 5.41 Å². The van der Waals surface area contributed by atoms with Gasteiger partial charge in [-0.2, -0.15) is 4.63 Å². The standard InChI is InChI=1S/C11H17ClN4/c1-6(2)9-13-10-7(12)8(11(3,4)5)14-16(10)15-9/h6,14H,1-5H3. The lowest BCUT2D eigenvalue weighted by molar-refractivity contribution is 0.555. The van der Waals surface area contributed by atoms with Crippen LogP contribution in [0.2, 0.25) is 5.02 Å². The molecule has 2 aromatic heterocycles. The van der Waals surface area contributed by atoms with Crippen molar-refractivity contribution >= 4 is 17.2 Å². The summed E-state index contributed by atoms with van der Waals surface area (Å²) in [6.45, 7) is 10.4. The van der Waals surface area contributed by atoms with Gasteiger partial charge in [0.25, 0.3) is 0 Å². The Morgan fingerprint density at radius 1 is 1.31 bits per heavy atom. The Bertz CT molecular complexity index is 516. The molecule has 2 rings (SSSR count). The molecule has 1 N–H and O–H groups in total. The average molecular weight is 241 g/mol. The zero-order valence-electron chi connectivity index (χ0n) is 10.3. The predicted octanol–water partition coefficient (Wildman–Crippen LogP) is 3.13. The lowest BCUT2D eigenvalue weighted by Gasteiger charge is -2.16. The fraction of sp³-hybridized carbons (Fsp3) is 0.636. The molecule has 0 fully saturated rings. The van der Waals surface area contributed by atoms with Crippen LogP contribution < -0.4 is 0 Å². The van der Waals surface area contributed by atoms with Crippen LogP contribution in [0.25, 0.3) is 5.65 Å². The Labute approximate surface area is 100.0 Å². The van der Waals surface area contributed by atoms with E-state index in [0.717, 1.165) is 17.2 Å². The van der Waals surface area contributed by atoms with E-state index >= 15 is 0 Å². The third-order valence-electron chi connectivity index (χ3n) is 2.52. The molecule has 88 valence electrons. The van der Waals surface area contributed by atoms with Crippen molar-refractivity contribution in [2.45, 2.75) is 46.0 Å². The molecule has 0 aromatic carbocycles. The molecule has 0 aliphatic carbocycles. The highest BCUT2D eigenvalue weighted by Crippen LogP contribution is 2.31. The van der Waals surface area contributed by atoms with Crippen molar-refractivity contribution in [2.24, 2.45) is 0 Å². The van der Waals surface area contributed by atoms with Gasteiger partial charge in [0, 0.05) is 11.3 Å². The second-order valence-electron chi connectivity index (χ2n) is 5.41. The molecule has 0 radical (unpaired) electrons. The molecule has 0 saturated heterocycles. The molecule has 0 saturated carbocycles. The molecule has 0 aliphatic heterocycles. The van der Waals surface area contributed by atoms with Crippen LogP contribution in [0.4, 0.5) is 0 Å². The van der Waals surface area contributed by atoms with Gasteiger partial charge in [-0.15, -0.1) is 5.10 Å². The van der Waals surface area contributed by atoms with Gasteiger partial charge >= 0.3 is 0 Å². The maximum Gasteiger partial charge on any atom is 0.194 e. The van der Waals surface area contributed by atoms with Crippen LogP contribution in [0.15, 0.2) is 0 Å². The van der Waals surface area contributed by atoms with Crippen LogP contribution in [0.3, 0.4) is 0 Å². The molecule has 0 spiro atoms. The summed E-state index contributed by atoms with van der Waals surface area (Å²) in [4.78, 5) is 4.43. The number of hydrogen-bond donors (Lipinski definition) is 1. The van der Waals surface area contributed by atoms with E-state index in [9.17, 15) is 0 Å². The van der Waals surface area contributed by atoms with Crippen LogP contribution in [-0.4, -0.2) is 19.8 Å². The molecule has 16 heavy (non-hydrogen) atoms. The second kappa shape index (κ2) is 3.48. The molecule has 2 heterocycles. The first-order valence-electron chi connectivity index (χ1n) is 5.45. The quantitative estimate of drug-likeness (QED) is 0.833. The number of nitrogens with one attached hydrogen (secondary N) is 1. The van der Waals surface area contributed by atoms with Crippen molar-refractivity contribution in [1.82, 2.24) is 19.8 Å². The third kappa shape index (κ3) is 1.71. The average Bonchev–Trinajstić information content (AvgIpc) is 2.64. The minimum Gasteiger partial charge on any atom is -0.278 e. The highest BCUT2D eigenvalue weighted by atomic mass is 35.5. The van der Waals surface area contributed by atoms with E-state index in [1.165, 1.54) is 0 Å². The van der Waals surface area contributed by atoms with Gasteiger partial charge in [0.1, 0.15) is 5.02 Å². The van der Waals surface area contributed by atoms with Crippen molar-refractivity contribution in [1.29, 1.82) is 0 Å². The summed E-state index contributed by atoms with van der Waals surface area (Å²) in [5.41, 5.74) is 1.66. The Kier molecular flexibility index (Phi) is 2.49. The molecule has 0 amide bonds. The van der Waals surface area contributed by atoms with Crippen LogP contribution in [0, 0.1) is 0 Å². The smallest absolute Gasteiger partial charge is 0.194 e. The van der Waals surface area contributed by atoms with Gasteiger partial charge in [-0.25, -0.2) is 4.98 Å². The van der Waals surface area contributed by atoms with Gasteiger partial charge in [-0.05, 0) is 0 Å². The largest absolute Gasteiger partial charge is 0.278 e. The summed E-state index contributed by atoms with van der Waals surface area (Å²) in [6.07, 6.45) is 0. The maximum atomic E-state index is 6.31. The number of hydrogen-bond acceptors (Lipinski definition) is 2. The molecule has 4 nitrogen and oxygen atoms in total. The van der Waals surface area contributed by atoms with E-state index in [1.54, 1.807) is 4.63 Å². The van der Waals surface area contributed by atoms with Crippen molar-refractivity contribution in [3.05, 3.63) is 16.5 Å². The van der Waals surface area contributed by atoms with E-state index in [1.807, 2.05) is 0 Å². The molecule has 0 unspecified atom stereocenters. The zero-order chi connectivity index (χ0) is 12.1. The summed E-state index contributed by atoms with van der Waals surface area (Å²) in [7, 11) is 0. The lowest BCUT2D eigenvalue weighted by atomic mass is 9.92. The Hall–Kier alpha value is -1.03. The Morgan fingerprint density at radius 3 is 2.38 bits per heavy atom. The van der Waals surface area contributed by atoms with E-state index in [4.69, 9.17) is 11.6 Å². The summed E-state index contributed by atoms with van der Waals surface area (Å²) in [6, 6.07) is 0. The van der Waals surface area contributed by atoms with Crippen LogP contribution in [0.5, 0.6) is 0 Å². The number of aromatic amines is 1. The molecular formula is C11H17ClN4. The van der Waals surface area contributed by atoms with Crippen LogP contribution in [-0.2, 0) is 5.41 Å². The first-order valence-corrected chi connectivity index (χ1v) is 5.83. The highest BCUT2D eigenvalue weighted by molar-refractivity contribution is 6.34. The molecular weight excluding hydrogens is 224 g/mol. The van der Waals surface area contributed by atoms with Gasteiger partial charge in [0.05, 0.1) is 5.69 Å². The first-order chi connectivity index (χ1) is 7.30. The summed E-state index contributed by atoms with van der Waals surface area (Å²) < 4.78 is 1.66. The lowest BCUT2D eigenvalue weighted by Crippen LogP contribution is -2.13. The molecule has 0 bridgehead atoms. The topological polar surface area (TPSA) is 46.0 Å². The molecule has 0 aliphatic rings. The Balaban J connectivity index is 2.60. The van der Waals surface area contributed by atoms with E-state index < -0.39 is 0 Å². The fourth-order valence-corrected chi connectivity index (χ4v) is 2.00. The SMILES string of the molecule is CC(C)c1nc2c(Cl)c(C(C)(C)C)[nH]n2n1. The number of fused-ring (bicyclic) bond motifs is 1. The fourth-order valence-electron chi connectivity index (χ4n) is 1.56. The van der Waals surface area contributed by atoms with Crippen LogP contribution in [0.1, 0.15) is 52.1 Å². The zero-order valence-corrected chi connectivity index (χ0v) is 11.1. The minimum absolute atomic E-state index is 0.0303. The monoisotopic (exact) mass is 240 g/mol. The predicted molar refractivity (Wildman–Crippen MR) is 65.1 cm³/mol. The summed E-state index contributed by atoms with van der Waals surface area (Å²) in [5.74, 6) is 1.12. The first kappa shape index (κ1) is 11.5. The molecule has 2 aromatic rings. The molecule has 0 atom stereocenters. The van der Waals surface area contributed by atoms with Crippen molar-refractivity contribution < 1.29 is 0 Å². The van der Waals surface area contributed by atoms with Gasteiger partial charge in [-0.3, -0.25) is 5.10 Å². The Morgan fingerprint density at radius 2 is 1.94 bits per heavy atom. The molecule has 5 heteroatoms. The van der Waals surface area contributed by atoms with Crippen LogP contribution >= 0.6 is 11.6 Å². The van der Waals surface area contributed by atoms with Crippen molar-refractivity contribution in [2.75, 3.05) is 0 Å². The second-order valence-corrected chi connectivity index (χ2v) is 5.79. The number of aromatic nitrogens is 4. The highest BCUT2D eigenvalue weighted by Gasteiger charge is 2.24. The third-order valence-corrected chi connectivity index (χ3v) is 2.88. The maximum absolute atomic E-state index is 6.31. The van der Waals surface area contributed by atoms with Gasteiger partial charge in [-0.1, -0.05) is 46.2 Å². The number of nitrogens with zero attached hydrogens (tertiary/aromatic N) is 3.